The number of aliphatic hydroxyl groups is 1. The predicted octanol–water partition coefficient (Wildman–Crippen LogP) is 4.17. The number of para-hydroxylation sites is 1. The molecule has 0 saturated heterocycles. The van der Waals surface area contributed by atoms with E-state index in [9.17, 15) is 5.11 Å². The Kier molecular flexibility index (Phi) is 7.32. The molecular formula is C20H26IN3O3. The minimum atomic E-state index is -1.17. The molecule has 0 bridgehead atoms. The first kappa shape index (κ1) is 21.3. The summed E-state index contributed by atoms with van der Waals surface area (Å²) in [5.41, 5.74) is -0.312. The average Bonchev–Trinajstić information content (AvgIpc) is 3.29. The highest BCUT2D eigenvalue weighted by atomic mass is 127. The summed E-state index contributed by atoms with van der Waals surface area (Å²) in [4.78, 5) is 4.50. The van der Waals surface area contributed by atoms with Crippen LogP contribution in [0.4, 0.5) is 0 Å². The number of nitrogens with zero attached hydrogens (tertiary/aromatic N) is 1. The predicted molar refractivity (Wildman–Crippen MR) is 117 cm³/mol. The van der Waals surface area contributed by atoms with Crippen molar-refractivity contribution in [1.29, 1.82) is 0 Å². The fraction of sp³-hybridized carbons (Fsp3) is 0.350. The maximum atomic E-state index is 10.6. The van der Waals surface area contributed by atoms with E-state index in [0.29, 0.717) is 18.3 Å². The standard InChI is InChI=1S/C20H25N3O3.HI/c1-4-21-19(22-13-20(3,24)18-10-7-11-25-18)23-14(2)17-12-15-8-5-6-9-16(15)26-17;/h5-12,14,24H,4,13H2,1-3H3,(H2,21,22,23);1H. The molecule has 0 amide bonds. The van der Waals surface area contributed by atoms with Gasteiger partial charge in [-0.05, 0) is 45.0 Å². The normalized spacial score (nSPS) is 15.0. The van der Waals surface area contributed by atoms with Crippen LogP contribution in [0.15, 0.2) is 62.6 Å². The van der Waals surface area contributed by atoms with Gasteiger partial charge in [0.2, 0.25) is 0 Å². The van der Waals surface area contributed by atoms with Crippen molar-refractivity contribution >= 4 is 40.9 Å². The van der Waals surface area contributed by atoms with Gasteiger partial charge in [0, 0.05) is 11.9 Å². The number of hydrogen-bond donors (Lipinski definition) is 3. The Morgan fingerprint density at radius 2 is 2.04 bits per heavy atom. The van der Waals surface area contributed by atoms with E-state index in [0.717, 1.165) is 16.7 Å². The van der Waals surface area contributed by atoms with Gasteiger partial charge in [0.25, 0.3) is 0 Å². The van der Waals surface area contributed by atoms with Crippen molar-refractivity contribution in [2.24, 2.45) is 4.99 Å². The van der Waals surface area contributed by atoms with Crippen LogP contribution in [-0.4, -0.2) is 24.2 Å². The van der Waals surface area contributed by atoms with Gasteiger partial charge in [0.05, 0.1) is 18.8 Å². The molecule has 0 aliphatic carbocycles. The number of hydrogen-bond acceptors (Lipinski definition) is 4. The number of benzene rings is 1. The van der Waals surface area contributed by atoms with E-state index in [-0.39, 0.29) is 36.6 Å². The zero-order valence-electron chi connectivity index (χ0n) is 15.7. The van der Waals surface area contributed by atoms with Gasteiger partial charge in [-0.2, -0.15) is 0 Å². The first-order valence-electron chi connectivity index (χ1n) is 8.79. The molecule has 0 fully saturated rings. The first-order valence-corrected chi connectivity index (χ1v) is 8.79. The van der Waals surface area contributed by atoms with E-state index in [4.69, 9.17) is 8.83 Å². The highest BCUT2D eigenvalue weighted by molar-refractivity contribution is 14.0. The number of furan rings is 2. The summed E-state index contributed by atoms with van der Waals surface area (Å²) in [6.45, 7) is 6.56. The Bertz CT molecular complexity index is 839. The Morgan fingerprint density at radius 1 is 1.26 bits per heavy atom. The number of rotatable bonds is 6. The zero-order valence-corrected chi connectivity index (χ0v) is 18.1. The van der Waals surface area contributed by atoms with Gasteiger partial charge in [-0.25, -0.2) is 4.99 Å². The van der Waals surface area contributed by atoms with Crippen LogP contribution in [0, 0.1) is 0 Å². The van der Waals surface area contributed by atoms with Crippen molar-refractivity contribution in [1.82, 2.24) is 10.6 Å². The van der Waals surface area contributed by atoms with Gasteiger partial charge >= 0.3 is 0 Å². The van der Waals surface area contributed by atoms with Crippen molar-refractivity contribution in [2.45, 2.75) is 32.4 Å². The van der Waals surface area contributed by atoms with Crippen molar-refractivity contribution in [3.8, 4) is 0 Å². The molecule has 3 N–H and O–H groups in total. The van der Waals surface area contributed by atoms with Crippen LogP contribution in [0.25, 0.3) is 11.0 Å². The maximum Gasteiger partial charge on any atom is 0.191 e. The van der Waals surface area contributed by atoms with Crippen LogP contribution in [-0.2, 0) is 5.60 Å². The number of fused-ring (bicyclic) bond motifs is 1. The third kappa shape index (κ3) is 5.26. The van der Waals surface area contributed by atoms with Crippen LogP contribution in [0.5, 0.6) is 0 Å². The molecule has 0 aliphatic heterocycles. The second-order valence-corrected chi connectivity index (χ2v) is 6.50. The number of aliphatic imine (C=N–C) groups is 1. The van der Waals surface area contributed by atoms with E-state index >= 15 is 0 Å². The largest absolute Gasteiger partial charge is 0.466 e. The molecule has 2 atom stereocenters. The lowest BCUT2D eigenvalue weighted by molar-refractivity contribution is 0.0436. The van der Waals surface area contributed by atoms with Gasteiger partial charge in [0.1, 0.15) is 22.7 Å². The summed E-state index contributed by atoms with van der Waals surface area (Å²) in [6, 6.07) is 13.4. The molecule has 2 unspecified atom stereocenters. The van der Waals surface area contributed by atoms with Gasteiger partial charge in [-0.15, -0.1) is 24.0 Å². The molecular weight excluding hydrogens is 457 g/mol. The SMILES string of the molecule is CCNC(=NCC(C)(O)c1ccco1)NC(C)c1cc2ccccc2o1.I. The fourth-order valence-corrected chi connectivity index (χ4v) is 2.71. The molecule has 1 aromatic carbocycles. The highest BCUT2D eigenvalue weighted by Gasteiger charge is 2.26. The lowest BCUT2D eigenvalue weighted by atomic mass is 10.0. The van der Waals surface area contributed by atoms with Crippen molar-refractivity contribution in [2.75, 3.05) is 13.1 Å². The maximum absolute atomic E-state index is 10.6. The van der Waals surface area contributed by atoms with Gasteiger partial charge < -0.3 is 24.6 Å². The lowest BCUT2D eigenvalue weighted by Crippen LogP contribution is -2.40. The summed E-state index contributed by atoms with van der Waals surface area (Å²) in [6.07, 6.45) is 1.54. The number of halogens is 1. The fourth-order valence-electron chi connectivity index (χ4n) is 2.71. The van der Waals surface area contributed by atoms with E-state index in [1.165, 1.54) is 0 Å². The molecule has 2 heterocycles. The number of nitrogens with one attached hydrogen (secondary N) is 2. The Balaban J connectivity index is 0.00000261. The van der Waals surface area contributed by atoms with Crippen molar-refractivity contribution in [3.05, 3.63) is 60.2 Å². The van der Waals surface area contributed by atoms with Crippen LogP contribution in [0.1, 0.15) is 38.3 Å². The summed E-state index contributed by atoms with van der Waals surface area (Å²) in [5.74, 6) is 1.92. The van der Waals surface area contributed by atoms with Crippen LogP contribution in [0.2, 0.25) is 0 Å². The Morgan fingerprint density at radius 3 is 2.70 bits per heavy atom. The van der Waals surface area contributed by atoms with E-state index in [2.05, 4.69) is 15.6 Å². The summed E-state index contributed by atoms with van der Waals surface area (Å²) in [7, 11) is 0. The Hall–Kier alpha value is -2.00. The first-order chi connectivity index (χ1) is 12.5. The van der Waals surface area contributed by atoms with Gasteiger partial charge in [-0.1, -0.05) is 18.2 Å². The summed E-state index contributed by atoms with van der Waals surface area (Å²) >= 11 is 0. The van der Waals surface area contributed by atoms with E-state index in [1.807, 2.05) is 44.2 Å². The Labute approximate surface area is 176 Å². The van der Waals surface area contributed by atoms with E-state index in [1.54, 1.807) is 25.3 Å². The van der Waals surface area contributed by atoms with Gasteiger partial charge in [0.15, 0.2) is 5.96 Å². The van der Waals surface area contributed by atoms with Crippen molar-refractivity contribution in [3.63, 3.8) is 0 Å². The molecule has 146 valence electrons. The average molecular weight is 483 g/mol. The minimum absolute atomic E-state index is 0. The van der Waals surface area contributed by atoms with E-state index < -0.39 is 5.60 Å². The second-order valence-electron chi connectivity index (χ2n) is 6.50. The third-order valence-corrected chi connectivity index (χ3v) is 4.17. The summed E-state index contributed by atoms with van der Waals surface area (Å²) in [5, 5.41) is 18.1. The van der Waals surface area contributed by atoms with Crippen LogP contribution >= 0.6 is 24.0 Å². The molecule has 27 heavy (non-hydrogen) atoms. The highest BCUT2D eigenvalue weighted by Crippen LogP contribution is 2.24. The number of guanidine groups is 1. The summed E-state index contributed by atoms with van der Waals surface area (Å²) < 4.78 is 11.2. The molecule has 6 nitrogen and oxygen atoms in total. The molecule has 0 aliphatic rings. The molecule has 0 saturated carbocycles. The second kappa shape index (κ2) is 9.27. The zero-order chi connectivity index (χ0) is 18.6. The lowest BCUT2D eigenvalue weighted by Gasteiger charge is -2.21. The van der Waals surface area contributed by atoms with Gasteiger partial charge in [-0.3, -0.25) is 0 Å². The molecule has 3 rings (SSSR count). The monoisotopic (exact) mass is 483 g/mol. The topological polar surface area (TPSA) is 82.9 Å². The quantitative estimate of drug-likeness (QED) is 0.279. The minimum Gasteiger partial charge on any atom is -0.466 e. The molecule has 7 heteroatoms. The van der Waals surface area contributed by atoms with Crippen LogP contribution < -0.4 is 10.6 Å². The smallest absolute Gasteiger partial charge is 0.191 e. The molecule has 2 aromatic heterocycles. The molecule has 3 aromatic rings. The van der Waals surface area contributed by atoms with Crippen molar-refractivity contribution < 1.29 is 13.9 Å². The van der Waals surface area contributed by atoms with Crippen LogP contribution in [0.3, 0.4) is 0 Å². The third-order valence-electron chi connectivity index (χ3n) is 4.17. The molecule has 0 radical (unpaired) electrons. The molecule has 0 spiro atoms.